The van der Waals surface area contributed by atoms with Gasteiger partial charge in [0.15, 0.2) is 0 Å². The number of rotatable bonds is 4. The molecule has 17 heavy (non-hydrogen) atoms. The van der Waals surface area contributed by atoms with Crippen molar-refractivity contribution in [3.63, 3.8) is 0 Å². The van der Waals surface area contributed by atoms with Gasteiger partial charge in [-0.25, -0.2) is 4.98 Å². The second-order valence-electron chi connectivity index (χ2n) is 4.93. The summed E-state index contributed by atoms with van der Waals surface area (Å²) in [6.07, 6.45) is 5.53. The van der Waals surface area contributed by atoms with Crippen LogP contribution in [0, 0.1) is 0 Å². The summed E-state index contributed by atoms with van der Waals surface area (Å²) in [6.45, 7) is 6.74. The van der Waals surface area contributed by atoms with E-state index in [9.17, 15) is 0 Å². The second kappa shape index (κ2) is 6.01. The van der Waals surface area contributed by atoms with Crippen molar-refractivity contribution in [2.75, 3.05) is 18.0 Å². The van der Waals surface area contributed by atoms with Gasteiger partial charge in [0.2, 0.25) is 0 Å². The predicted octanol–water partition coefficient (Wildman–Crippen LogP) is 2.44. The van der Waals surface area contributed by atoms with Gasteiger partial charge in [-0.2, -0.15) is 0 Å². The van der Waals surface area contributed by atoms with Gasteiger partial charge in [0, 0.05) is 31.4 Å². The third-order valence-corrected chi connectivity index (χ3v) is 3.60. The number of nitrogens with one attached hydrogen (secondary N) is 1. The van der Waals surface area contributed by atoms with Crippen LogP contribution in [0.5, 0.6) is 0 Å². The lowest BCUT2D eigenvalue weighted by molar-refractivity contribution is 0.371. The minimum Gasteiger partial charge on any atom is -0.357 e. The van der Waals surface area contributed by atoms with Crippen LogP contribution in [0.4, 0.5) is 5.82 Å². The lowest BCUT2D eigenvalue weighted by Crippen LogP contribution is -2.45. The molecule has 1 N–H and O–H groups in total. The van der Waals surface area contributed by atoms with Crippen LogP contribution in [0.2, 0.25) is 0 Å². The Labute approximate surface area is 104 Å². The monoisotopic (exact) mass is 233 g/mol. The summed E-state index contributed by atoms with van der Waals surface area (Å²) in [6, 6.07) is 7.46. The summed E-state index contributed by atoms with van der Waals surface area (Å²) >= 11 is 0. The number of hydrogen-bond acceptors (Lipinski definition) is 3. The van der Waals surface area contributed by atoms with E-state index in [1.165, 1.54) is 19.3 Å². The molecule has 0 amide bonds. The van der Waals surface area contributed by atoms with E-state index >= 15 is 0 Å². The average molecular weight is 233 g/mol. The smallest absolute Gasteiger partial charge is 0.128 e. The Kier molecular flexibility index (Phi) is 4.37. The van der Waals surface area contributed by atoms with E-state index in [2.05, 4.69) is 41.2 Å². The maximum atomic E-state index is 4.41. The van der Waals surface area contributed by atoms with Gasteiger partial charge >= 0.3 is 0 Å². The Bertz CT molecular complexity index is 317. The van der Waals surface area contributed by atoms with E-state index < -0.39 is 0 Å². The summed E-state index contributed by atoms with van der Waals surface area (Å²) in [7, 11) is 0. The molecular formula is C14H23N3. The van der Waals surface area contributed by atoms with Crippen LogP contribution in [0.1, 0.15) is 33.1 Å². The zero-order valence-corrected chi connectivity index (χ0v) is 10.9. The Morgan fingerprint density at radius 1 is 1.41 bits per heavy atom. The topological polar surface area (TPSA) is 28.2 Å². The molecule has 1 saturated heterocycles. The average Bonchev–Trinajstić information content (AvgIpc) is 2.40. The van der Waals surface area contributed by atoms with Crippen molar-refractivity contribution in [1.29, 1.82) is 0 Å². The highest BCUT2D eigenvalue weighted by Gasteiger charge is 2.20. The van der Waals surface area contributed by atoms with Gasteiger partial charge in [-0.15, -0.1) is 0 Å². The summed E-state index contributed by atoms with van der Waals surface area (Å²) in [5.74, 6) is 1.12. The van der Waals surface area contributed by atoms with Crippen LogP contribution in [0.25, 0.3) is 0 Å². The lowest BCUT2D eigenvalue weighted by atomic mass is 10.0. The fourth-order valence-electron chi connectivity index (χ4n) is 2.34. The van der Waals surface area contributed by atoms with Gasteiger partial charge in [-0.1, -0.05) is 13.0 Å². The van der Waals surface area contributed by atoms with Gasteiger partial charge in [0.25, 0.3) is 0 Å². The molecule has 1 atom stereocenters. The lowest BCUT2D eigenvalue weighted by Gasteiger charge is -2.34. The van der Waals surface area contributed by atoms with Crippen LogP contribution in [-0.2, 0) is 0 Å². The molecule has 1 aromatic heterocycles. The Morgan fingerprint density at radius 2 is 2.18 bits per heavy atom. The largest absolute Gasteiger partial charge is 0.357 e. The molecule has 0 aromatic carbocycles. The van der Waals surface area contributed by atoms with Crippen molar-refractivity contribution in [2.24, 2.45) is 0 Å². The van der Waals surface area contributed by atoms with E-state index in [-0.39, 0.29) is 0 Å². The zero-order chi connectivity index (χ0) is 12.1. The van der Waals surface area contributed by atoms with E-state index in [0.29, 0.717) is 12.1 Å². The van der Waals surface area contributed by atoms with Gasteiger partial charge in [-0.05, 0) is 38.3 Å². The first kappa shape index (κ1) is 12.4. The van der Waals surface area contributed by atoms with Crippen LogP contribution in [0.3, 0.4) is 0 Å². The number of nitrogens with zero attached hydrogens (tertiary/aromatic N) is 2. The number of piperidine rings is 1. The second-order valence-corrected chi connectivity index (χ2v) is 4.93. The minimum atomic E-state index is 0.640. The SMILES string of the molecule is CCC(C)NC1CCN(c2ccccn2)CC1. The maximum Gasteiger partial charge on any atom is 0.128 e. The minimum absolute atomic E-state index is 0.640. The Morgan fingerprint density at radius 3 is 2.76 bits per heavy atom. The summed E-state index contributed by atoms with van der Waals surface area (Å²) in [5, 5.41) is 3.69. The summed E-state index contributed by atoms with van der Waals surface area (Å²) < 4.78 is 0. The van der Waals surface area contributed by atoms with Crippen LogP contribution in [-0.4, -0.2) is 30.2 Å². The number of aromatic nitrogens is 1. The Hall–Kier alpha value is -1.09. The molecule has 0 radical (unpaired) electrons. The third kappa shape index (κ3) is 3.43. The zero-order valence-electron chi connectivity index (χ0n) is 10.9. The predicted molar refractivity (Wildman–Crippen MR) is 72.4 cm³/mol. The molecule has 0 aliphatic carbocycles. The first-order chi connectivity index (χ1) is 8.29. The van der Waals surface area contributed by atoms with E-state index in [0.717, 1.165) is 18.9 Å². The quantitative estimate of drug-likeness (QED) is 0.865. The number of pyridine rings is 1. The first-order valence-electron chi connectivity index (χ1n) is 6.71. The fraction of sp³-hybridized carbons (Fsp3) is 0.643. The molecule has 0 bridgehead atoms. The van der Waals surface area contributed by atoms with Crippen molar-refractivity contribution in [3.8, 4) is 0 Å². The van der Waals surface area contributed by atoms with Gasteiger partial charge < -0.3 is 10.2 Å². The van der Waals surface area contributed by atoms with Crippen molar-refractivity contribution in [2.45, 2.75) is 45.2 Å². The van der Waals surface area contributed by atoms with Crippen LogP contribution >= 0.6 is 0 Å². The standard InChI is InChI=1S/C14H23N3/c1-3-12(2)16-13-7-10-17(11-8-13)14-6-4-5-9-15-14/h4-6,9,12-13,16H,3,7-8,10-11H2,1-2H3. The molecule has 1 aromatic rings. The van der Waals surface area contributed by atoms with E-state index in [4.69, 9.17) is 0 Å². The normalized spacial score (nSPS) is 19.3. The molecule has 0 saturated carbocycles. The third-order valence-electron chi connectivity index (χ3n) is 3.60. The number of hydrogen-bond donors (Lipinski definition) is 1. The van der Waals surface area contributed by atoms with Crippen LogP contribution < -0.4 is 10.2 Å². The molecule has 3 heteroatoms. The van der Waals surface area contributed by atoms with Gasteiger partial charge in [0.1, 0.15) is 5.82 Å². The highest BCUT2D eigenvalue weighted by atomic mass is 15.2. The molecule has 1 aliphatic rings. The van der Waals surface area contributed by atoms with E-state index in [1.54, 1.807) is 0 Å². The summed E-state index contributed by atoms with van der Waals surface area (Å²) in [5.41, 5.74) is 0. The van der Waals surface area contributed by atoms with Crippen LogP contribution in [0.15, 0.2) is 24.4 Å². The fourth-order valence-corrected chi connectivity index (χ4v) is 2.34. The molecular weight excluding hydrogens is 210 g/mol. The van der Waals surface area contributed by atoms with Gasteiger partial charge in [-0.3, -0.25) is 0 Å². The first-order valence-corrected chi connectivity index (χ1v) is 6.71. The highest BCUT2D eigenvalue weighted by Crippen LogP contribution is 2.17. The van der Waals surface area contributed by atoms with Crippen molar-refractivity contribution in [3.05, 3.63) is 24.4 Å². The molecule has 3 nitrogen and oxygen atoms in total. The molecule has 2 rings (SSSR count). The van der Waals surface area contributed by atoms with Gasteiger partial charge in [0.05, 0.1) is 0 Å². The maximum absolute atomic E-state index is 4.41. The number of anilines is 1. The Balaban J connectivity index is 1.82. The molecule has 0 spiro atoms. The molecule has 1 aliphatic heterocycles. The molecule has 2 heterocycles. The van der Waals surface area contributed by atoms with E-state index in [1.807, 2.05) is 12.3 Å². The van der Waals surface area contributed by atoms with Crippen molar-refractivity contribution >= 4 is 5.82 Å². The summed E-state index contributed by atoms with van der Waals surface area (Å²) in [4.78, 5) is 6.79. The molecule has 94 valence electrons. The molecule has 1 unspecified atom stereocenters. The van der Waals surface area contributed by atoms with Crippen molar-refractivity contribution < 1.29 is 0 Å². The molecule has 1 fully saturated rings. The van der Waals surface area contributed by atoms with Crippen molar-refractivity contribution in [1.82, 2.24) is 10.3 Å². The highest BCUT2D eigenvalue weighted by molar-refractivity contribution is 5.38.